The van der Waals surface area contributed by atoms with Crippen LogP contribution in [0, 0.1) is 0 Å². The van der Waals surface area contributed by atoms with Crippen LogP contribution < -0.4 is 5.01 Å². The summed E-state index contributed by atoms with van der Waals surface area (Å²) in [4.78, 5) is 8.66. The fourth-order valence-corrected chi connectivity index (χ4v) is 3.40. The van der Waals surface area contributed by atoms with Gasteiger partial charge in [-0.05, 0) is 40.6 Å². The highest BCUT2D eigenvalue weighted by Crippen LogP contribution is 2.36. The fourth-order valence-electron chi connectivity index (χ4n) is 2.69. The van der Waals surface area contributed by atoms with E-state index < -0.39 is 0 Å². The predicted molar refractivity (Wildman–Crippen MR) is 90.8 cm³/mol. The van der Waals surface area contributed by atoms with Crippen molar-refractivity contribution < 1.29 is 5.11 Å². The number of aromatic hydroxyl groups is 1. The average Bonchev–Trinajstić information content (AvgIpc) is 3.25. The number of rotatable bonds is 3. The normalized spacial score (nSPS) is 17.3. The molecule has 0 radical (unpaired) electrons. The van der Waals surface area contributed by atoms with Gasteiger partial charge in [-0.1, -0.05) is 12.1 Å². The minimum atomic E-state index is 0.0704. The zero-order valence-corrected chi connectivity index (χ0v) is 13.0. The maximum Gasteiger partial charge on any atom is 0.246 e. The van der Waals surface area contributed by atoms with Crippen LogP contribution in [-0.2, 0) is 0 Å². The van der Waals surface area contributed by atoms with Crippen LogP contribution >= 0.6 is 11.3 Å². The van der Waals surface area contributed by atoms with Crippen molar-refractivity contribution in [2.24, 2.45) is 5.10 Å². The van der Waals surface area contributed by atoms with Crippen molar-refractivity contribution in [3.63, 3.8) is 0 Å². The Kier molecular flexibility index (Phi) is 3.51. The van der Waals surface area contributed by atoms with Crippen LogP contribution in [0.15, 0.2) is 64.7 Å². The lowest BCUT2D eigenvalue weighted by atomic mass is 10.0. The van der Waals surface area contributed by atoms with Gasteiger partial charge in [0.25, 0.3) is 0 Å². The van der Waals surface area contributed by atoms with Crippen molar-refractivity contribution >= 4 is 23.0 Å². The number of phenols is 1. The number of hydrogen-bond donors (Lipinski definition) is 1. The number of anilines is 1. The van der Waals surface area contributed by atoms with Gasteiger partial charge in [0, 0.05) is 24.4 Å². The fraction of sp³-hybridized carbons (Fsp3) is 0.118. The van der Waals surface area contributed by atoms with E-state index in [2.05, 4.69) is 26.8 Å². The van der Waals surface area contributed by atoms with Gasteiger partial charge in [-0.15, -0.1) is 0 Å². The van der Waals surface area contributed by atoms with E-state index >= 15 is 0 Å². The number of thiophene rings is 1. The maximum atomic E-state index is 9.71. The minimum Gasteiger partial charge on any atom is -0.508 e. The second kappa shape index (κ2) is 5.81. The molecule has 3 aromatic rings. The average molecular weight is 322 g/mol. The topological polar surface area (TPSA) is 61.6 Å². The summed E-state index contributed by atoms with van der Waals surface area (Å²) in [6.07, 6.45) is 4.18. The van der Waals surface area contributed by atoms with Gasteiger partial charge in [0.1, 0.15) is 5.75 Å². The van der Waals surface area contributed by atoms with Crippen LogP contribution in [0.2, 0.25) is 0 Å². The number of hydrogen-bond acceptors (Lipinski definition) is 6. The number of aromatic nitrogens is 2. The maximum absolute atomic E-state index is 9.71. The Bertz CT molecular complexity index is 833. The van der Waals surface area contributed by atoms with Gasteiger partial charge in [-0.2, -0.15) is 16.4 Å². The van der Waals surface area contributed by atoms with Crippen LogP contribution in [0.4, 0.5) is 5.95 Å². The van der Waals surface area contributed by atoms with Gasteiger partial charge in [0.15, 0.2) is 0 Å². The van der Waals surface area contributed by atoms with E-state index in [0.717, 1.165) is 17.7 Å². The van der Waals surface area contributed by atoms with Crippen molar-refractivity contribution in [3.05, 3.63) is 70.7 Å². The van der Waals surface area contributed by atoms with Gasteiger partial charge < -0.3 is 5.11 Å². The molecule has 1 atom stereocenters. The summed E-state index contributed by atoms with van der Waals surface area (Å²) in [5, 5.41) is 20.5. The molecular formula is C17H14N4OS. The SMILES string of the molecule is Oc1cccc(C2=NN(c3ncccn3)C(c3ccsc3)C2)c1. The van der Waals surface area contributed by atoms with Crippen molar-refractivity contribution in [2.75, 3.05) is 5.01 Å². The Labute approximate surface area is 137 Å². The lowest BCUT2D eigenvalue weighted by Crippen LogP contribution is -2.20. The van der Waals surface area contributed by atoms with Crippen molar-refractivity contribution in [1.82, 2.24) is 9.97 Å². The third kappa shape index (κ3) is 2.68. The second-order valence-electron chi connectivity index (χ2n) is 5.27. The summed E-state index contributed by atoms with van der Waals surface area (Å²) in [6, 6.07) is 11.1. The van der Waals surface area contributed by atoms with Crippen LogP contribution in [0.5, 0.6) is 5.75 Å². The molecule has 1 N–H and O–H groups in total. The lowest BCUT2D eigenvalue weighted by molar-refractivity contribution is 0.475. The molecule has 1 unspecified atom stereocenters. The Morgan fingerprint density at radius 3 is 2.74 bits per heavy atom. The number of hydrazone groups is 1. The first-order chi connectivity index (χ1) is 11.3. The molecule has 1 aromatic carbocycles. The standard InChI is InChI=1S/C17H14N4OS/c22-14-4-1-3-12(9-14)15-10-16(13-5-8-23-11-13)21(20-15)17-18-6-2-7-19-17/h1-9,11,16,22H,10H2. The molecule has 5 nitrogen and oxygen atoms in total. The molecule has 3 heterocycles. The van der Waals surface area contributed by atoms with Crippen LogP contribution in [0.1, 0.15) is 23.6 Å². The molecule has 0 saturated heterocycles. The van der Waals surface area contributed by atoms with E-state index in [4.69, 9.17) is 5.10 Å². The molecule has 0 aliphatic carbocycles. The highest BCUT2D eigenvalue weighted by atomic mass is 32.1. The van der Waals surface area contributed by atoms with Crippen molar-refractivity contribution in [3.8, 4) is 5.75 Å². The molecule has 6 heteroatoms. The molecule has 114 valence electrons. The molecular weight excluding hydrogens is 308 g/mol. The molecule has 1 aliphatic rings. The van der Waals surface area contributed by atoms with Crippen molar-refractivity contribution in [2.45, 2.75) is 12.5 Å². The first-order valence-corrected chi connectivity index (χ1v) is 8.21. The third-order valence-electron chi connectivity index (χ3n) is 3.77. The van der Waals surface area contributed by atoms with Gasteiger partial charge in [0.05, 0.1) is 11.8 Å². The van der Waals surface area contributed by atoms with E-state index in [1.165, 1.54) is 5.56 Å². The summed E-state index contributed by atoms with van der Waals surface area (Å²) in [7, 11) is 0. The van der Waals surface area contributed by atoms with E-state index in [1.807, 2.05) is 17.1 Å². The first-order valence-electron chi connectivity index (χ1n) is 7.26. The lowest BCUT2D eigenvalue weighted by Gasteiger charge is -2.20. The Morgan fingerprint density at radius 2 is 2.00 bits per heavy atom. The largest absolute Gasteiger partial charge is 0.508 e. The molecule has 0 spiro atoms. The minimum absolute atomic E-state index is 0.0704. The highest BCUT2D eigenvalue weighted by Gasteiger charge is 2.31. The smallest absolute Gasteiger partial charge is 0.246 e. The van der Waals surface area contributed by atoms with Crippen LogP contribution in [0.25, 0.3) is 0 Å². The van der Waals surface area contributed by atoms with E-state index in [0.29, 0.717) is 5.95 Å². The molecule has 0 bridgehead atoms. The number of benzene rings is 1. The van der Waals surface area contributed by atoms with Crippen molar-refractivity contribution in [1.29, 1.82) is 0 Å². The predicted octanol–water partition coefficient (Wildman–Crippen LogP) is 3.60. The van der Waals surface area contributed by atoms with E-state index in [-0.39, 0.29) is 11.8 Å². The monoisotopic (exact) mass is 322 g/mol. The van der Waals surface area contributed by atoms with Gasteiger partial charge >= 0.3 is 0 Å². The third-order valence-corrected chi connectivity index (χ3v) is 4.48. The molecule has 1 aliphatic heterocycles. The van der Waals surface area contributed by atoms with Gasteiger partial charge in [-0.25, -0.2) is 15.0 Å². The zero-order valence-electron chi connectivity index (χ0n) is 12.2. The number of nitrogens with zero attached hydrogens (tertiary/aromatic N) is 4. The quantitative estimate of drug-likeness (QED) is 0.800. The molecule has 0 amide bonds. The van der Waals surface area contributed by atoms with Gasteiger partial charge in [0.2, 0.25) is 5.95 Å². The Hall–Kier alpha value is -2.73. The molecule has 4 rings (SSSR count). The molecule has 0 saturated carbocycles. The summed E-state index contributed by atoms with van der Waals surface area (Å²) in [6.45, 7) is 0. The van der Waals surface area contributed by atoms with Gasteiger partial charge in [-0.3, -0.25) is 0 Å². The van der Waals surface area contributed by atoms with E-state index in [9.17, 15) is 5.11 Å². The summed E-state index contributed by atoms with van der Waals surface area (Å²) in [5.41, 5.74) is 3.04. The molecule has 0 fully saturated rings. The first kappa shape index (κ1) is 13.9. The summed E-state index contributed by atoms with van der Waals surface area (Å²) >= 11 is 1.66. The second-order valence-corrected chi connectivity index (χ2v) is 6.05. The summed E-state index contributed by atoms with van der Waals surface area (Å²) in [5.74, 6) is 0.825. The molecule has 23 heavy (non-hydrogen) atoms. The Balaban J connectivity index is 1.75. The summed E-state index contributed by atoms with van der Waals surface area (Å²) < 4.78 is 0. The highest BCUT2D eigenvalue weighted by molar-refractivity contribution is 7.08. The molecule has 2 aromatic heterocycles. The number of phenolic OH excluding ortho intramolecular Hbond substituents is 1. The van der Waals surface area contributed by atoms with E-state index in [1.54, 1.807) is 41.9 Å². The zero-order chi connectivity index (χ0) is 15.6. The Morgan fingerprint density at radius 1 is 1.13 bits per heavy atom. The van der Waals surface area contributed by atoms with Crippen LogP contribution in [0.3, 0.4) is 0 Å². The van der Waals surface area contributed by atoms with Crippen LogP contribution in [-0.4, -0.2) is 20.8 Å².